The predicted octanol–water partition coefficient (Wildman–Crippen LogP) is 6.31. The number of nitrogens with two attached hydrogens (primary N) is 1. The van der Waals surface area contributed by atoms with E-state index in [1.807, 2.05) is 32.2 Å². The Kier molecular flexibility index (Phi) is 9.04. The van der Waals surface area contributed by atoms with E-state index in [2.05, 4.69) is 26.1 Å². The first-order chi connectivity index (χ1) is 22.6. The van der Waals surface area contributed by atoms with Crippen molar-refractivity contribution in [1.29, 1.82) is 0 Å². The molecule has 13 heteroatoms. The molecule has 2 saturated carbocycles. The van der Waals surface area contributed by atoms with E-state index in [0.29, 0.717) is 44.7 Å². The molecule has 3 heterocycles. The van der Waals surface area contributed by atoms with Crippen molar-refractivity contribution in [2.45, 2.75) is 97.4 Å². The lowest BCUT2D eigenvalue weighted by atomic mass is 9.85. The molecule has 3 aliphatic rings. The van der Waals surface area contributed by atoms with Gasteiger partial charge in [0.2, 0.25) is 11.8 Å². The van der Waals surface area contributed by atoms with Gasteiger partial charge in [-0.1, -0.05) is 53.1 Å². The molecule has 11 nitrogen and oxygen atoms in total. The first-order valence-electron chi connectivity index (χ1n) is 16.4. The number of alkyl carbamates (subject to hydrolysis) is 1. The molecule has 3 fully saturated rings. The summed E-state index contributed by atoms with van der Waals surface area (Å²) < 4.78 is 17.8. The molecule has 48 heavy (non-hydrogen) atoms. The lowest BCUT2D eigenvalue weighted by Gasteiger charge is -2.35. The number of ether oxygens (including phenoxy) is 3. The van der Waals surface area contributed by atoms with Gasteiger partial charge in [-0.2, -0.15) is 0 Å². The van der Waals surface area contributed by atoms with Crippen LogP contribution in [0.4, 0.5) is 4.79 Å². The van der Waals surface area contributed by atoms with E-state index in [0.717, 1.165) is 17.8 Å². The number of thiazole rings is 1. The number of halogens is 1. The molecule has 3 N–H and O–H groups in total. The van der Waals surface area contributed by atoms with Gasteiger partial charge in [0.05, 0.1) is 29.9 Å². The summed E-state index contributed by atoms with van der Waals surface area (Å²) in [4.78, 5) is 51.0. The summed E-state index contributed by atoms with van der Waals surface area (Å²) in [5, 5.41) is 6.70. The van der Waals surface area contributed by atoms with Crippen LogP contribution in [-0.4, -0.2) is 70.7 Å². The van der Waals surface area contributed by atoms with Gasteiger partial charge in [-0.3, -0.25) is 9.59 Å². The second kappa shape index (κ2) is 12.7. The number of carbonyl (C=O) groups excluding carboxylic acids is 3. The van der Waals surface area contributed by atoms with Crippen LogP contribution in [0.15, 0.2) is 23.6 Å². The lowest BCUT2D eigenvalue weighted by Crippen LogP contribution is -2.57. The fourth-order valence-electron chi connectivity index (χ4n) is 7.09. The lowest BCUT2D eigenvalue weighted by molar-refractivity contribution is -0.141. The number of benzene rings is 1. The summed E-state index contributed by atoms with van der Waals surface area (Å²) in [6.45, 7) is 12.0. The molecular weight excluding hydrogens is 654 g/mol. The fourth-order valence-corrected chi connectivity index (χ4v) is 8.20. The molecular formula is C35H44ClN5O6S. The van der Waals surface area contributed by atoms with Gasteiger partial charge in [-0.15, -0.1) is 11.3 Å². The largest absolute Gasteiger partial charge is 0.495 e. The maximum atomic E-state index is 14.2. The van der Waals surface area contributed by atoms with Crippen molar-refractivity contribution >= 4 is 51.7 Å². The number of methoxy groups -OCH3 is 1. The van der Waals surface area contributed by atoms with E-state index in [4.69, 9.17) is 41.5 Å². The van der Waals surface area contributed by atoms with Gasteiger partial charge in [0, 0.05) is 29.2 Å². The van der Waals surface area contributed by atoms with E-state index in [1.165, 1.54) is 18.4 Å². The van der Waals surface area contributed by atoms with Gasteiger partial charge in [0.25, 0.3) is 0 Å². The SMILES string of the molecule is COc1ccc2c(O[C@@H]3C[C@@H](C(N)=O)N(C(=O)[C@@H](NC(=O)O[C@@H]4C[C@H]5C[C@@]5(C)C4)C(C)(C)C)C3)cc(-c3csc(C(C)C)n3)nc2c1Cl. The number of likely N-dealkylation sites (tertiary alicyclic amines) is 1. The summed E-state index contributed by atoms with van der Waals surface area (Å²) in [5.74, 6) is 0.705. The average Bonchev–Trinajstić information content (AvgIpc) is 3.44. The van der Waals surface area contributed by atoms with Gasteiger partial charge in [-0.25, -0.2) is 14.8 Å². The summed E-state index contributed by atoms with van der Waals surface area (Å²) in [6, 6.07) is 3.46. The van der Waals surface area contributed by atoms with E-state index in [-0.39, 0.29) is 30.4 Å². The molecule has 3 aromatic rings. The van der Waals surface area contributed by atoms with Crippen LogP contribution in [0.2, 0.25) is 5.02 Å². The molecule has 6 atom stereocenters. The number of hydrogen-bond acceptors (Lipinski definition) is 9. The van der Waals surface area contributed by atoms with Crippen molar-refractivity contribution < 1.29 is 28.6 Å². The molecule has 0 spiro atoms. The number of primary amides is 1. The van der Waals surface area contributed by atoms with Crippen LogP contribution in [0.1, 0.15) is 78.2 Å². The van der Waals surface area contributed by atoms with Crippen LogP contribution >= 0.6 is 22.9 Å². The van der Waals surface area contributed by atoms with Crippen LogP contribution in [0.25, 0.3) is 22.3 Å². The molecule has 1 aliphatic heterocycles. The Morgan fingerprint density at radius 1 is 1.10 bits per heavy atom. The summed E-state index contributed by atoms with van der Waals surface area (Å²) in [6.07, 6.45) is 1.63. The van der Waals surface area contributed by atoms with Crippen molar-refractivity contribution in [2.75, 3.05) is 13.7 Å². The van der Waals surface area contributed by atoms with E-state index in [1.54, 1.807) is 23.5 Å². The minimum atomic E-state index is -0.962. The van der Waals surface area contributed by atoms with Gasteiger partial charge >= 0.3 is 6.09 Å². The first kappa shape index (κ1) is 34.2. The minimum Gasteiger partial charge on any atom is -0.495 e. The molecule has 0 unspecified atom stereocenters. The summed E-state index contributed by atoms with van der Waals surface area (Å²) in [7, 11) is 1.54. The normalized spacial score (nSPS) is 25.6. The Balaban J connectivity index is 1.26. The smallest absolute Gasteiger partial charge is 0.408 e. The maximum Gasteiger partial charge on any atom is 0.408 e. The molecule has 258 valence electrons. The highest BCUT2D eigenvalue weighted by molar-refractivity contribution is 7.10. The van der Waals surface area contributed by atoms with Crippen molar-refractivity contribution in [2.24, 2.45) is 22.5 Å². The molecule has 2 aliphatic carbocycles. The van der Waals surface area contributed by atoms with Crippen molar-refractivity contribution in [3.05, 3.63) is 33.6 Å². The van der Waals surface area contributed by atoms with E-state index in [9.17, 15) is 14.4 Å². The molecule has 1 saturated heterocycles. The molecule has 0 bridgehead atoms. The quantitative estimate of drug-likeness (QED) is 0.265. The topological polar surface area (TPSA) is 146 Å². The van der Waals surface area contributed by atoms with Crippen molar-refractivity contribution in [3.8, 4) is 22.9 Å². The number of amides is 3. The average molecular weight is 698 g/mol. The second-order valence-electron chi connectivity index (χ2n) is 15.1. The third-order valence-corrected chi connectivity index (χ3v) is 11.5. The number of fused-ring (bicyclic) bond motifs is 2. The Hall–Kier alpha value is -3.64. The third-order valence-electron chi connectivity index (χ3n) is 9.94. The highest BCUT2D eigenvalue weighted by atomic mass is 35.5. The first-order valence-corrected chi connectivity index (χ1v) is 17.7. The Morgan fingerprint density at radius 2 is 1.85 bits per heavy atom. The van der Waals surface area contributed by atoms with Gasteiger partial charge in [0.1, 0.15) is 46.5 Å². The Labute approximate surface area is 289 Å². The number of nitrogens with zero attached hydrogens (tertiary/aromatic N) is 3. The number of pyridine rings is 1. The van der Waals surface area contributed by atoms with Crippen LogP contribution in [0, 0.1) is 16.7 Å². The molecule has 3 amide bonds. The zero-order chi connectivity index (χ0) is 34.7. The summed E-state index contributed by atoms with van der Waals surface area (Å²) in [5.41, 5.74) is 7.15. The van der Waals surface area contributed by atoms with Crippen molar-refractivity contribution in [1.82, 2.24) is 20.2 Å². The summed E-state index contributed by atoms with van der Waals surface area (Å²) >= 11 is 8.29. The Bertz CT molecular complexity index is 1760. The van der Waals surface area contributed by atoms with Gasteiger partial charge < -0.3 is 30.2 Å². The monoisotopic (exact) mass is 697 g/mol. The third kappa shape index (κ3) is 6.65. The van der Waals surface area contributed by atoms with Crippen LogP contribution in [0.3, 0.4) is 0 Å². The van der Waals surface area contributed by atoms with Crippen LogP contribution < -0.4 is 20.5 Å². The van der Waals surface area contributed by atoms with Crippen LogP contribution in [-0.2, 0) is 14.3 Å². The number of aromatic nitrogens is 2. The number of hydrogen-bond donors (Lipinski definition) is 2. The predicted molar refractivity (Wildman–Crippen MR) is 184 cm³/mol. The molecule has 0 radical (unpaired) electrons. The number of carbonyl (C=O) groups is 3. The number of rotatable bonds is 9. The fraction of sp³-hybridized carbons (Fsp3) is 0.571. The van der Waals surface area contributed by atoms with Crippen molar-refractivity contribution in [3.63, 3.8) is 0 Å². The molecule has 2 aromatic heterocycles. The van der Waals surface area contributed by atoms with E-state index >= 15 is 0 Å². The van der Waals surface area contributed by atoms with Gasteiger partial charge in [0.15, 0.2) is 0 Å². The Morgan fingerprint density at radius 3 is 2.46 bits per heavy atom. The minimum absolute atomic E-state index is 0.0790. The highest BCUT2D eigenvalue weighted by Crippen LogP contribution is 2.63. The molecule has 1 aromatic carbocycles. The molecule has 6 rings (SSSR count). The number of nitrogens with one attached hydrogen (secondary N) is 1. The van der Waals surface area contributed by atoms with Gasteiger partial charge in [-0.05, 0) is 48.1 Å². The van der Waals surface area contributed by atoms with Crippen LogP contribution in [0.5, 0.6) is 11.5 Å². The maximum absolute atomic E-state index is 14.2. The zero-order valence-electron chi connectivity index (χ0n) is 28.5. The standard InChI is InChI=1S/C35H44ClN5O6S/c1-17(2)31-39-23(16-48-31)22-12-26(21-8-9-25(45-7)27(36)28(21)38-22)46-20-11-24(30(37)42)41(15-20)32(43)29(34(3,4)5)40-33(44)47-19-10-18-13-35(18,6)14-19/h8-9,12,16-20,24,29H,10-11,13-15H2,1-7H3,(H2,37,42)(H,40,44)/t18-,19+,20+,24-,29+,35-/m0/s1. The second-order valence-corrected chi connectivity index (χ2v) is 16.3. The highest BCUT2D eigenvalue weighted by Gasteiger charge is 2.57. The van der Waals surface area contributed by atoms with E-state index < -0.39 is 41.5 Å². The zero-order valence-corrected chi connectivity index (χ0v) is 30.0.